The molecule has 0 aliphatic rings. The summed E-state index contributed by atoms with van der Waals surface area (Å²) in [6.45, 7) is 0. The standard InChI is InChI=1S/C36H24BN/c37-31-22-29(25-10-3-1-4-11-25)21-30(23-31)27-13-9-12-26(20-27)28-18-19-36-34(24-28)33-16-7-8-17-35(33)38(36)32-14-5-2-6-15-32/h1-24H. The molecule has 0 bridgehead atoms. The third kappa shape index (κ3) is 3.92. The van der Waals surface area contributed by atoms with E-state index in [-0.39, 0.29) is 0 Å². The molecule has 176 valence electrons. The molecule has 0 saturated heterocycles. The molecule has 0 saturated carbocycles. The second kappa shape index (κ2) is 9.25. The number of fused-ring (bicyclic) bond motifs is 3. The van der Waals surface area contributed by atoms with Gasteiger partial charge in [0.05, 0.1) is 11.0 Å². The number of hydrogen-bond acceptors (Lipinski definition) is 0. The molecule has 0 atom stereocenters. The predicted molar refractivity (Wildman–Crippen MR) is 162 cm³/mol. The van der Waals surface area contributed by atoms with E-state index in [1.54, 1.807) is 0 Å². The monoisotopic (exact) mass is 481 g/mol. The molecule has 1 heterocycles. The highest BCUT2D eigenvalue weighted by molar-refractivity contribution is 6.33. The van der Waals surface area contributed by atoms with Gasteiger partial charge in [-0.1, -0.05) is 109 Å². The fraction of sp³-hybridized carbons (Fsp3) is 0. The van der Waals surface area contributed by atoms with Crippen LogP contribution < -0.4 is 5.46 Å². The van der Waals surface area contributed by atoms with Gasteiger partial charge in [-0.3, -0.25) is 0 Å². The van der Waals surface area contributed by atoms with Crippen LogP contribution in [0.1, 0.15) is 0 Å². The lowest BCUT2D eigenvalue weighted by molar-refractivity contribution is 1.18. The second-order valence-corrected chi connectivity index (χ2v) is 9.71. The lowest BCUT2D eigenvalue weighted by atomic mass is 9.87. The average Bonchev–Trinajstić information content (AvgIpc) is 3.31. The van der Waals surface area contributed by atoms with Crippen molar-refractivity contribution < 1.29 is 0 Å². The maximum atomic E-state index is 6.35. The van der Waals surface area contributed by atoms with Crippen molar-refractivity contribution in [3.63, 3.8) is 0 Å². The summed E-state index contributed by atoms with van der Waals surface area (Å²) in [6, 6.07) is 51.5. The molecule has 7 rings (SSSR count). The van der Waals surface area contributed by atoms with E-state index in [0.29, 0.717) is 0 Å². The highest BCUT2D eigenvalue weighted by atomic mass is 15.0. The fourth-order valence-corrected chi connectivity index (χ4v) is 5.50. The molecule has 0 spiro atoms. The maximum absolute atomic E-state index is 6.35. The number of hydrogen-bond donors (Lipinski definition) is 0. The number of nitrogens with zero attached hydrogens (tertiary/aromatic N) is 1. The Labute approximate surface area is 224 Å². The van der Waals surface area contributed by atoms with Gasteiger partial charge >= 0.3 is 0 Å². The van der Waals surface area contributed by atoms with Crippen LogP contribution in [0.3, 0.4) is 0 Å². The van der Waals surface area contributed by atoms with Gasteiger partial charge in [0.15, 0.2) is 0 Å². The smallest absolute Gasteiger partial charge is 0.113 e. The second-order valence-electron chi connectivity index (χ2n) is 9.71. The topological polar surface area (TPSA) is 4.93 Å². The minimum absolute atomic E-state index is 0.766. The first-order chi connectivity index (χ1) is 18.7. The Kier molecular flexibility index (Phi) is 5.45. The molecule has 7 aromatic rings. The predicted octanol–water partition coefficient (Wildman–Crippen LogP) is 8.58. The van der Waals surface area contributed by atoms with E-state index in [4.69, 9.17) is 7.85 Å². The van der Waals surface area contributed by atoms with Crippen LogP contribution in [0.15, 0.2) is 146 Å². The molecule has 1 nitrogen and oxygen atoms in total. The largest absolute Gasteiger partial charge is 0.309 e. The first kappa shape index (κ1) is 22.4. The summed E-state index contributed by atoms with van der Waals surface area (Å²) < 4.78 is 2.35. The van der Waals surface area contributed by atoms with Gasteiger partial charge in [-0.15, -0.1) is 0 Å². The van der Waals surface area contributed by atoms with Crippen molar-refractivity contribution in [2.24, 2.45) is 0 Å². The summed E-state index contributed by atoms with van der Waals surface area (Å²) in [7, 11) is 6.35. The van der Waals surface area contributed by atoms with Gasteiger partial charge in [0.25, 0.3) is 0 Å². The van der Waals surface area contributed by atoms with Crippen molar-refractivity contribution in [1.29, 1.82) is 0 Å². The number of benzene rings is 6. The molecule has 0 aliphatic heterocycles. The summed E-state index contributed by atoms with van der Waals surface area (Å²) in [6.07, 6.45) is 0. The molecule has 1 aromatic heterocycles. The highest BCUT2D eigenvalue weighted by Crippen LogP contribution is 2.36. The summed E-state index contributed by atoms with van der Waals surface area (Å²) >= 11 is 0. The highest BCUT2D eigenvalue weighted by Gasteiger charge is 2.13. The van der Waals surface area contributed by atoms with Gasteiger partial charge < -0.3 is 4.57 Å². The Morgan fingerprint density at radius 1 is 0.368 bits per heavy atom. The van der Waals surface area contributed by atoms with Crippen LogP contribution in [0.5, 0.6) is 0 Å². The van der Waals surface area contributed by atoms with Gasteiger partial charge in [-0.2, -0.15) is 0 Å². The Bertz CT molecular complexity index is 1920. The van der Waals surface area contributed by atoms with Crippen molar-refractivity contribution in [3.05, 3.63) is 146 Å². The van der Waals surface area contributed by atoms with Crippen LogP contribution in [-0.4, -0.2) is 12.4 Å². The quantitative estimate of drug-likeness (QED) is 0.222. The van der Waals surface area contributed by atoms with Crippen LogP contribution >= 0.6 is 0 Å². The van der Waals surface area contributed by atoms with E-state index in [1.807, 2.05) is 12.1 Å². The number of para-hydroxylation sites is 2. The van der Waals surface area contributed by atoms with Crippen LogP contribution in [0.2, 0.25) is 0 Å². The van der Waals surface area contributed by atoms with Gasteiger partial charge in [0, 0.05) is 16.5 Å². The van der Waals surface area contributed by atoms with Crippen LogP contribution in [-0.2, 0) is 0 Å². The summed E-state index contributed by atoms with van der Waals surface area (Å²) in [4.78, 5) is 0. The Balaban J connectivity index is 1.35. The first-order valence-corrected chi connectivity index (χ1v) is 12.9. The van der Waals surface area contributed by atoms with E-state index in [1.165, 1.54) is 38.6 Å². The fourth-order valence-electron chi connectivity index (χ4n) is 5.50. The lowest BCUT2D eigenvalue weighted by Crippen LogP contribution is -2.02. The van der Waals surface area contributed by atoms with Crippen molar-refractivity contribution in [3.8, 4) is 39.1 Å². The van der Waals surface area contributed by atoms with E-state index in [2.05, 4.69) is 138 Å². The molecule has 0 N–H and O–H groups in total. The SMILES string of the molecule is [B]c1cc(-c2ccccc2)cc(-c2cccc(-c3ccc4c(c3)c3ccccc3n4-c3ccccc3)c2)c1. The first-order valence-electron chi connectivity index (χ1n) is 12.9. The van der Waals surface area contributed by atoms with Crippen molar-refractivity contribution >= 4 is 35.1 Å². The third-order valence-electron chi connectivity index (χ3n) is 7.28. The molecule has 0 fully saturated rings. The summed E-state index contributed by atoms with van der Waals surface area (Å²) in [5.74, 6) is 0. The Morgan fingerprint density at radius 2 is 0.921 bits per heavy atom. The van der Waals surface area contributed by atoms with Gasteiger partial charge in [0.1, 0.15) is 7.85 Å². The van der Waals surface area contributed by atoms with Crippen molar-refractivity contribution in [2.75, 3.05) is 0 Å². The van der Waals surface area contributed by atoms with E-state index < -0.39 is 0 Å². The molecule has 0 aliphatic carbocycles. The number of rotatable bonds is 4. The molecule has 0 unspecified atom stereocenters. The minimum atomic E-state index is 0.766. The van der Waals surface area contributed by atoms with Gasteiger partial charge in [-0.05, 0) is 75.8 Å². The van der Waals surface area contributed by atoms with E-state index in [0.717, 1.165) is 27.7 Å². The molecular weight excluding hydrogens is 457 g/mol. The lowest BCUT2D eigenvalue weighted by Gasteiger charge is -2.11. The summed E-state index contributed by atoms with van der Waals surface area (Å²) in [5, 5.41) is 2.51. The molecule has 6 aromatic carbocycles. The minimum Gasteiger partial charge on any atom is -0.309 e. The molecule has 2 heteroatoms. The molecule has 2 radical (unpaired) electrons. The van der Waals surface area contributed by atoms with E-state index in [9.17, 15) is 0 Å². The van der Waals surface area contributed by atoms with Crippen LogP contribution in [0, 0.1) is 0 Å². The zero-order valence-corrected chi connectivity index (χ0v) is 20.9. The third-order valence-corrected chi connectivity index (χ3v) is 7.28. The van der Waals surface area contributed by atoms with Crippen LogP contribution in [0.25, 0.3) is 60.9 Å². The Hall–Kier alpha value is -4.82. The van der Waals surface area contributed by atoms with Crippen molar-refractivity contribution in [1.82, 2.24) is 4.57 Å². The molecule has 38 heavy (non-hydrogen) atoms. The Morgan fingerprint density at radius 3 is 1.71 bits per heavy atom. The average molecular weight is 481 g/mol. The van der Waals surface area contributed by atoms with Crippen molar-refractivity contribution in [2.45, 2.75) is 0 Å². The zero-order valence-electron chi connectivity index (χ0n) is 20.9. The molecular formula is C36H24BN. The number of aromatic nitrogens is 1. The zero-order chi connectivity index (χ0) is 25.5. The van der Waals surface area contributed by atoms with Gasteiger partial charge in [0.2, 0.25) is 0 Å². The summed E-state index contributed by atoms with van der Waals surface area (Å²) in [5.41, 5.74) is 11.3. The van der Waals surface area contributed by atoms with E-state index >= 15 is 0 Å². The normalized spacial score (nSPS) is 11.3. The van der Waals surface area contributed by atoms with Crippen LogP contribution in [0.4, 0.5) is 0 Å². The molecule has 0 amide bonds. The maximum Gasteiger partial charge on any atom is 0.113 e. The van der Waals surface area contributed by atoms with Gasteiger partial charge in [-0.25, -0.2) is 0 Å².